The van der Waals surface area contributed by atoms with Crippen molar-refractivity contribution in [2.24, 2.45) is 5.84 Å². The Morgan fingerprint density at radius 1 is 0.963 bits per heavy atom. The van der Waals surface area contributed by atoms with Crippen molar-refractivity contribution in [1.82, 2.24) is 5.43 Å². The van der Waals surface area contributed by atoms with Crippen molar-refractivity contribution in [1.29, 1.82) is 0 Å². The topological polar surface area (TPSA) is 72.2 Å². The number of nitrogens with one attached hydrogen (secondary N) is 1. The molecule has 0 radical (unpaired) electrons. The number of hydrogen-bond donors (Lipinski definition) is 2. The molecule has 2 aromatic carbocycles. The zero-order valence-corrected chi connectivity index (χ0v) is 18.7. The lowest BCUT2D eigenvalue weighted by Crippen LogP contribution is -2.41. The Hall–Kier alpha value is -1.14. The summed E-state index contributed by atoms with van der Waals surface area (Å²) in [6, 6.07) is 11.7. The maximum atomic E-state index is 12.5. The summed E-state index contributed by atoms with van der Waals surface area (Å²) in [7, 11) is 0. The quantitative estimate of drug-likeness (QED) is 0.284. The van der Waals surface area contributed by atoms with Crippen LogP contribution in [0.4, 0.5) is 0 Å². The fourth-order valence-corrected chi connectivity index (χ4v) is 2.29. The van der Waals surface area contributed by atoms with Crippen molar-refractivity contribution >= 4 is 59.0 Å². The minimum atomic E-state index is -0.654. The molecule has 2 rings (SSSR count). The van der Waals surface area contributed by atoms with Crippen molar-refractivity contribution in [3.05, 3.63) is 69.7 Å². The van der Waals surface area contributed by atoms with Crippen molar-refractivity contribution < 1.29 is 9.59 Å². The highest BCUT2D eigenvalue weighted by Gasteiger charge is 2.20. The zero-order chi connectivity index (χ0) is 19.2. The van der Waals surface area contributed by atoms with E-state index < -0.39 is 5.24 Å². The molecule has 0 unspecified atom stereocenters. The molecular formula is C19H24Cl4N2O2. The lowest BCUT2D eigenvalue weighted by molar-refractivity contribution is 0.102. The molecule has 4 nitrogen and oxygen atoms in total. The molecule has 0 amide bonds. The van der Waals surface area contributed by atoms with E-state index in [9.17, 15) is 9.59 Å². The SMILES string of the molecule is CC(C)(C)NN.Cc1cccc(C(=O)Cl)c1C(=O)c1ccccc1Cl.Cl.Cl. The van der Waals surface area contributed by atoms with Gasteiger partial charge in [-0.2, -0.15) is 0 Å². The van der Waals surface area contributed by atoms with Gasteiger partial charge in [0.05, 0.1) is 5.02 Å². The Bertz CT molecular complexity index is 775. The molecule has 27 heavy (non-hydrogen) atoms. The Labute approximate surface area is 182 Å². The second kappa shape index (κ2) is 12.3. The third-order valence-electron chi connectivity index (χ3n) is 3.26. The van der Waals surface area contributed by atoms with Gasteiger partial charge in [-0.3, -0.25) is 20.9 Å². The summed E-state index contributed by atoms with van der Waals surface area (Å²) in [6.07, 6.45) is 0. The Kier molecular flexibility index (Phi) is 12.8. The first-order valence-electron chi connectivity index (χ1n) is 7.65. The van der Waals surface area contributed by atoms with Gasteiger partial charge in [0.25, 0.3) is 5.24 Å². The molecule has 0 spiro atoms. The van der Waals surface area contributed by atoms with E-state index in [1.54, 1.807) is 43.3 Å². The molecule has 0 bridgehead atoms. The van der Waals surface area contributed by atoms with Crippen LogP contribution < -0.4 is 11.3 Å². The van der Waals surface area contributed by atoms with Crippen LogP contribution in [0.5, 0.6) is 0 Å². The fourth-order valence-electron chi connectivity index (χ4n) is 1.91. The largest absolute Gasteiger partial charge is 0.289 e. The molecule has 0 aromatic heterocycles. The van der Waals surface area contributed by atoms with E-state index in [2.05, 4.69) is 5.43 Å². The summed E-state index contributed by atoms with van der Waals surface area (Å²) < 4.78 is 0. The number of carbonyl (C=O) groups excluding carboxylic acids is 2. The summed E-state index contributed by atoms with van der Waals surface area (Å²) in [5, 5.41) is -0.303. The average Bonchev–Trinajstić information content (AvgIpc) is 2.54. The number of rotatable bonds is 3. The van der Waals surface area contributed by atoms with Gasteiger partial charge in [0.2, 0.25) is 0 Å². The third-order valence-corrected chi connectivity index (χ3v) is 3.80. The van der Waals surface area contributed by atoms with Crippen LogP contribution in [0.2, 0.25) is 5.02 Å². The van der Waals surface area contributed by atoms with Crippen LogP contribution in [0.15, 0.2) is 42.5 Å². The molecule has 150 valence electrons. The monoisotopic (exact) mass is 452 g/mol. The van der Waals surface area contributed by atoms with Crippen molar-refractivity contribution in [2.45, 2.75) is 33.2 Å². The van der Waals surface area contributed by atoms with Crippen molar-refractivity contribution in [2.75, 3.05) is 0 Å². The van der Waals surface area contributed by atoms with E-state index in [1.807, 2.05) is 20.8 Å². The van der Waals surface area contributed by atoms with Crippen LogP contribution in [-0.4, -0.2) is 16.6 Å². The molecule has 3 N–H and O–H groups in total. The van der Waals surface area contributed by atoms with Crippen LogP contribution >= 0.6 is 48.0 Å². The number of nitrogens with two attached hydrogens (primary N) is 1. The number of benzene rings is 2. The van der Waals surface area contributed by atoms with Gasteiger partial charge < -0.3 is 0 Å². The number of ketones is 1. The predicted molar refractivity (Wildman–Crippen MR) is 118 cm³/mol. The van der Waals surface area contributed by atoms with E-state index in [0.717, 1.165) is 0 Å². The van der Waals surface area contributed by atoms with E-state index >= 15 is 0 Å². The van der Waals surface area contributed by atoms with Crippen LogP contribution in [0.3, 0.4) is 0 Å². The first-order valence-corrected chi connectivity index (χ1v) is 8.40. The molecule has 0 aliphatic carbocycles. The molecule has 0 saturated heterocycles. The first-order chi connectivity index (χ1) is 11.6. The highest BCUT2D eigenvalue weighted by molar-refractivity contribution is 6.68. The number of aryl methyl sites for hydroxylation is 1. The fraction of sp³-hybridized carbons (Fsp3) is 0.263. The van der Waals surface area contributed by atoms with Gasteiger partial charge >= 0.3 is 0 Å². The van der Waals surface area contributed by atoms with Gasteiger partial charge in [-0.05, 0) is 63.1 Å². The van der Waals surface area contributed by atoms with Crippen LogP contribution in [0.1, 0.15) is 52.6 Å². The number of carbonyl (C=O) groups is 2. The van der Waals surface area contributed by atoms with Crippen molar-refractivity contribution in [3.63, 3.8) is 0 Å². The van der Waals surface area contributed by atoms with E-state index in [-0.39, 0.29) is 41.7 Å². The number of hydrogen-bond acceptors (Lipinski definition) is 4. The Morgan fingerprint density at radius 2 is 1.44 bits per heavy atom. The molecule has 8 heteroatoms. The lowest BCUT2D eigenvalue weighted by Gasteiger charge is -2.14. The molecule has 0 saturated carbocycles. The van der Waals surface area contributed by atoms with Gasteiger partial charge in [-0.15, -0.1) is 24.8 Å². The summed E-state index contributed by atoms with van der Waals surface area (Å²) in [5.74, 6) is 4.76. The van der Waals surface area contributed by atoms with E-state index in [0.29, 0.717) is 21.7 Å². The number of halogens is 4. The maximum absolute atomic E-state index is 12.5. The van der Waals surface area contributed by atoms with Gasteiger partial charge in [0.15, 0.2) is 5.78 Å². The van der Waals surface area contributed by atoms with Gasteiger partial charge in [-0.1, -0.05) is 35.9 Å². The molecule has 0 atom stereocenters. The Balaban J connectivity index is 0. The van der Waals surface area contributed by atoms with Crippen LogP contribution in [0, 0.1) is 6.92 Å². The lowest BCUT2D eigenvalue weighted by atomic mass is 9.94. The van der Waals surface area contributed by atoms with E-state index in [1.165, 1.54) is 6.07 Å². The zero-order valence-electron chi connectivity index (χ0n) is 15.5. The van der Waals surface area contributed by atoms with E-state index in [4.69, 9.17) is 29.0 Å². The molecule has 2 aromatic rings. The normalized spacial score (nSPS) is 9.89. The standard InChI is InChI=1S/C15H10Cl2O2.C4H12N2.2ClH/c1-9-5-4-7-11(15(17)19)13(9)14(18)10-6-2-3-8-12(10)16;1-4(2,3)6-5;;/h2-8H,1H3;6H,5H2,1-3H3;2*1H. The minimum Gasteiger partial charge on any atom is -0.289 e. The molecule has 0 aliphatic heterocycles. The average molecular weight is 454 g/mol. The predicted octanol–water partition coefficient (Wildman–Crippen LogP) is 5.35. The summed E-state index contributed by atoms with van der Waals surface area (Å²) in [6.45, 7) is 7.78. The molecular weight excluding hydrogens is 430 g/mol. The van der Waals surface area contributed by atoms with Gasteiger partial charge in [-0.25, -0.2) is 0 Å². The first kappa shape index (κ1) is 28.1. The van der Waals surface area contributed by atoms with Crippen LogP contribution in [-0.2, 0) is 0 Å². The smallest absolute Gasteiger partial charge is 0.253 e. The second-order valence-electron chi connectivity index (χ2n) is 6.47. The summed E-state index contributed by atoms with van der Waals surface area (Å²) in [4.78, 5) is 23.9. The second-order valence-corrected chi connectivity index (χ2v) is 7.22. The van der Waals surface area contributed by atoms with Gasteiger partial charge in [0, 0.05) is 22.2 Å². The van der Waals surface area contributed by atoms with Crippen LogP contribution in [0.25, 0.3) is 0 Å². The summed E-state index contributed by atoms with van der Waals surface area (Å²) in [5.41, 5.74) is 4.23. The molecule has 0 fully saturated rings. The minimum absolute atomic E-state index is 0. The van der Waals surface area contributed by atoms with Gasteiger partial charge in [0.1, 0.15) is 0 Å². The maximum Gasteiger partial charge on any atom is 0.253 e. The third kappa shape index (κ3) is 8.60. The molecule has 0 aliphatic rings. The number of hydrazine groups is 1. The highest BCUT2D eigenvalue weighted by atomic mass is 35.5. The Morgan fingerprint density at radius 3 is 1.89 bits per heavy atom. The summed E-state index contributed by atoms with van der Waals surface area (Å²) >= 11 is 11.5. The van der Waals surface area contributed by atoms with Crippen molar-refractivity contribution in [3.8, 4) is 0 Å². The highest BCUT2D eigenvalue weighted by Crippen LogP contribution is 2.24. The molecule has 0 heterocycles.